The topological polar surface area (TPSA) is 51.7 Å². The van der Waals surface area contributed by atoms with Crippen molar-refractivity contribution in [2.75, 3.05) is 49.6 Å². The average molecular weight is 351 g/mol. The van der Waals surface area contributed by atoms with Gasteiger partial charge in [-0.15, -0.1) is 0 Å². The van der Waals surface area contributed by atoms with Crippen LogP contribution < -0.4 is 15.1 Å². The summed E-state index contributed by atoms with van der Waals surface area (Å²) in [5, 5.41) is 3.05. The molecule has 136 valence electrons. The highest BCUT2D eigenvalue weighted by atomic mass is 16.2. The molecule has 2 aliphatic heterocycles. The van der Waals surface area contributed by atoms with Gasteiger partial charge < -0.3 is 15.1 Å². The molecule has 3 heterocycles. The Bertz CT molecular complexity index is 785. The van der Waals surface area contributed by atoms with Gasteiger partial charge >= 0.3 is 6.03 Å². The monoisotopic (exact) mass is 351 g/mol. The lowest BCUT2D eigenvalue weighted by Gasteiger charge is -2.33. The fourth-order valence-corrected chi connectivity index (χ4v) is 3.60. The number of carbonyl (C=O) groups is 1. The number of urea groups is 1. The molecule has 0 atom stereocenters. The van der Waals surface area contributed by atoms with Crippen molar-refractivity contribution in [2.24, 2.45) is 0 Å². The molecule has 1 aromatic heterocycles. The lowest BCUT2D eigenvalue weighted by atomic mass is 10.2. The second-order valence-corrected chi connectivity index (χ2v) is 7.00. The minimum absolute atomic E-state index is 0.0343. The van der Waals surface area contributed by atoms with E-state index in [-0.39, 0.29) is 6.03 Å². The normalized spacial score (nSPS) is 17.3. The van der Waals surface area contributed by atoms with Crippen LogP contribution in [0.15, 0.2) is 42.6 Å². The summed E-state index contributed by atoms with van der Waals surface area (Å²) in [4.78, 5) is 23.6. The smallest absolute Gasteiger partial charge is 0.322 e. The number of nitrogens with zero attached hydrogens (tertiary/aromatic N) is 4. The van der Waals surface area contributed by atoms with Crippen LogP contribution in [0.4, 0.5) is 16.3 Å². The number of amides is 2. The molecule has 0 spiro atoms. The number of anilines is 2. The molecule has 4 rings (SSSR count). The van der Waals surface area contributed by atoms with E-state index < -0.39 is 0 Å². The number of piperazine rings is 1. The molecule has 1 fully saturated rings. The molecule has 2 amide bonds. The third-order valence-corrected chi connectivity index (χ3v) is 5.21. The number of rotatable bonds is 3. The summed E-state index contributed by atoms with van der Waals surface area (Å²) < 4.78 is 0. The van der Waals surface area contributed by atoms with Crippen molar-refractivity contribution in [1.82, 2.24) is 15.2 Å². The Hall–Kier alpha value is -2.60. The molecule has 0 radical (unpaired) electrons. The number of nitrogens with one attached hydrogen (secondary N) is 1. The molecular formula is C20H25N5O. The van der Waals surface area contributed by atoms with Crippen LogP contribution in [0.25, 0.3) is 0 Å². The van der Waals surface area contributed by atoms with E-state index in [1.807, 2.05) is 35.4 Å². The fourth-order valence-electron chi connectivity index (χ4n) is 3.60. The number of hydrogen-bond donors (Lipinski definition) is 1. The lowest BCUT2D eigenvalue weighted by Crippen LogP contribution is -2.44. The molecule has 26 heavy (non-hydrogen) atoms. The number of aromatic nitrogens is 1. The molecular weight excluding hydrogens is 326 g/mol. The highest BCUT2D eigenvalue weighted by molar-refractivity contribution is 5.94. The molecule has 0 unspecified atom stereocenters. The van der Waals surface area contributed by atoms with Crippen molar-refractivity contribution in [3.8, 4) is 0 Å². The molecule has 2 aromatic rings. The van der Waals surface area contributed by atoms with Gasteiger partial charge in [0.1, 0.15) is 5.82 Å². The number of benzene rings is 1. The van der Waals surface area contributed by atoms with E-state index in [0.29, 0.717) is 6.54 Å². The van der Waals surface area contributed by atoms with Crippen LogP contribution in [0, 0.1) is 0 Å². The minimum Gasteiger partial charge on any atom is -0.354 e. The van der Waals surface area contributed by atoms with E-state index in [0.717, 1.165) is 56.2 Å². The van der Waals surface area contributed by atoms with Crippen LogP contribution in [-0.4, -0.2) is 55.7 Å². The van der Waals surface area contributed by atoms with Gasteiger partial charge in [0.15, 0.2) is 0 Å². The summed E-state index contributed by atoms with van der Waals surface area (Å²) in [5.74, 6) is 0.997. The zero-order valence-corrected chi connectivity index (χ0v) is 15.2. The first-order valence-electron chi connectivity index (χ1n) is 9.22. The van der Waals surface area contributed by atoms with Crippen LogP contribution in [0.1, 0.15) is 11.1 Å². The SMILES string of the molecule is CN1CCN(c2cc(CNC(=O)N3CCc4ccccc43)ccn2)CC1. The fraction of sp³-hybridized carbons (Fsp3) is 0.400. The van der Waals surface area contributed by atoms with Crippen molar-refractivity contribution >= 4 is 17.5 Å². The number of likely N-dealkylation sites (N-methyl/N-ethyl adjacent to an activating group) is 1. The molecule has 0 aliphatic carbocycles. The second kappa shape index (κ2) is 7.33. The Morgan fingerprint density at radius 3 is 2.77 bits per heavy atom. The van der Waals surface area contributed by atoms with Gasteiger partial charge in [0.25, 0.3) is 0 Å². The van der Waals surface area contributed by atoms with Crippen molar-refractivity contribution in [3.63, 3.8) is 0 Å². The first kappa shape index (κ1) is 16.8. The van der Waals surface area contributed by atoms with Gasteiger partial charge in [0.05, 0.1) is 0 Å². The van der Waals surface area contributed by atoms with Gasteiger partial charge in [0, 0.05) is 51.2 Å². The number of para-hydroxylation sites is 1. The largest absolute Gasteiger partial charge is 0.354 e. The third-order valence-electron chi connectivity index (χ3n) is 5.21. The van der Waals surface area contributed by atoms with E-state index in [1.54, 1.807) is 0 Å². The van der Waals surface area contributed by atoms with Crippen LogP contribution >= 0.6 is 0 Å². The third kappa shape index (κ3) is 3.51. The van der Waals surface area contributed by atoms with E-state index in [2.05, 4.69) is 39.3 Å². The quantitative estimate of drug-likeness (QED) is 0.920. The molecule has 6 nitrogen and oxygen atoms in total. The maximum Gasteiger partial charge on any atom is 0.322 e. The summed E-state index contributed by atoms with van der Waals surface area (Å²) in [6.07, 6.45) is 2.76. The Morgan fingerprint density at radius 2 is 1.92 bits per heavy atom. The maximum atomic E-state index is 12.6. The van der Waals surface area contributed by atoms with Crippen LogP contribution in [0.3, 0.4) is 0 Å². The number of fused-ring (bicyclic) bond motifs is 1. The zero-order valence-electron chi connectivity index (χ0n) is 15.2. The van der Waals surface area contributed by atoms with Gasteiger partial charge in [-0.2, -0.15) is 0 Å². The number of pyridine rings is 1. The Balaban J connectivity index is 1.38. The molecule has 0 bridgehead atoms. The lowest BCUT2D eigenvalue weighted by molar-refractivity contribution is 0.246. The van der Waals surface area contributed by atoms with Crippen molar-refractivity contribution < 1.29 is 4.79 Å². The highest BCUT2D eigenvalue weighted by Crippen LogP contribution is 2.27. The Labute approximate surface area is 154 Å². The molecule has 6 heteroatoms. The molecule has 2 aliphatic rings. The van der Waals surface area contributed by atoms with Gasteiger partial charge in [-0.3, -0.25) is 4.90 Å². The van der Waals surface area contributed by atoms with Crippen molar-refractivity contribution in [3.05, 3.63) is 53.7 Å². The van der Waals surface area contributed by atoms with Gasteiger partial charge in [-0.1, -0.05) is 18.2 Å². The predicted octanol–water partition coefficient (Wildman–Crippen LogP) is 2.11. The minimum atomic E-state index is -0.0343. The summed E-state index contributed by atoms with van der Waals surface area (Å²) in [7, 11) is 2.15. The first-order chi connectivity index (χ1) is 12.7. The zero-order chi connectivity index (χ0) is 17.9. The van der Waals surface area contributed by atoms with Crippen LogP contribution in [-0.2, 0) is 13.0 Å². The van der Waals surface area contributed by atoms with Gasteiger partial charge in [-0.05, 0) is 42.8 Å². The summed E-state index contributed by atoms with van der Waals surface area (Å²) in [6.45, 7) is 5.34. The number of carbonyl (C=O) groups excluding carboxylic acids is 1. The van der Waals surface area contributed by atoms with Crippen LogP contribution in [0.2, 0.25) is 0 Å². The van der Waals surface area contributed by atoms with Gasteiger partial charge in [0.2, 0.25) is 0 Å². The summed E-state index contributed by atoms with van der Waals surface area (Å²) in [5.41, 5.74) is 3.34. The molecule has 1 N–H and O–H groups in total. The Kier molecular flexibility index (Phi) is 4.75. The standard InChI is InChI=1S/C20H25N5O/c1-23-10-12-24(13-11-23)19-14-16(6-8-21-19)15-22-20(26)25-9-7-17-4-2-3-5-18(17)25/h2-6,8,14H,7,9-13,15H2,1H3,(H,22,26). The van der Waals surface area contributed by atoms with E-state index in [1.165, 1.54) is 5.56 Å². The maximum absolute atomic E-state index is 12.6. The van der Waals surface area contributed by atoms with Crippen molar-refractivity contribution in [1.29, 1.82) is 0 Å². The molecule has 0 saturated carbocycles. The second-order valence-electron chi connectivity index (χ2n) is 7.00. The molecule has 1 aromatic carbocycles. The Morgan fingerprint density at radius 1 is 1.12 bits per heavy atom. The molecule has 1 saturated heterocycles. The van der Waals surface area contributed by atoms with Gasteiger partial charge in [-0.25, -0.2) is 9.78 Å². The first-order valence-corrected chi connectivity index (χ1v) is 9.22. The van der Waals surface area contributed by atoms with Crippen molar-refractivity contribution in [2.45, 2.75) is 13.0 Å². The number of hydrogen-bond acceptors (Lipinski definition) is 4. The van der Waals surface area contributed by atoms with E-state index >= 15 is 0 Å². The predicted molar refractivity (Wildman–Crippen MR) is 104 cm³/mol. The van der Waals surface area contributed by atoms with E-state index in [4.69, 9.17) is 0 Å². The highest BCUT2D eigenvalue weighted by Gasteiger charge is 2.23. The van der Waals surface area contributed by atoms with E-state index in [9.17, 15) is 4.79 Å². The summed E-state index contributed by atoms with van der Waals surface area (Å²) >= 11 is 0. The average Bonchev–Trinajstić information content (AvgIpc) is 3.11. The van der Waals surface area contributed by atoms with Crippen LogP contribution in [0.5, 0.6) is 0 Å². The summed E-state index contributed by atoms with van der Waals surface area (Å²) in [6, 6.07) is 12.1.